The topological polar surface area (TPSA) is 119 Å². The van der Waals surface area contributed by atoms with Crippen LogP contribution < -0.4 is 10.6 Å². The molecule has 1 aromatic carbocycles. The van der Waals surface area contributed by atoms with Crippen LogP contribution in [0, 0.1) is 0 Å². The molecule has 0 aliphatic heterocycles. The van der Waals surface area contributed by atoms with Crippen molar-refractivity contribution in [2.24, 2.45) is 0 Å². The van der Waals surface area contributed by atoms with Gasteiger partial charge >= 0.3 is 12.2 Å². The van der Waals surface area contributed by atoms with Crippen molar-refractivity contribution in [2.45, 2.75) is 24.9 Å². The zero-order valence-corrected chi connectivity index (χ0v) is 15.9. The Kier molecular flexibility index (Phi) is 10.1. The minimum atomic E-state index is -3.43. The maximum atomic E-state index is 11.9. The van der Waals surface area contributed by atoms with Gasteiger partial charge in [0.15, 0.2) is 9.84 Å². The lowest BCUT2D eigenvalue weighted by atomic mass is 10.1. The van der Waals surface area contributed by atoms with Crippen molar-refractivity contribution in [3.8, 4) is 0 Å². The predicted octanol–water partition coefficient (Wildman–Crippen LogP) is 1.62. The van der Waals surface area contributed by atoms with Gasteiger partial charge in [0.05, 0.1) is 11.5 Å². The summed E-state index contributed by atoms with van der Waals surface area (Å²) in [5, 5.41) is 5.64. The van der Waals surface area contributed by atoms with Gasteiger partial charge in [-0.05, 0) is 25.6 Å². The normalized spacial score (nSPS) is 11.5. The van der Waals surface area contributed by atoms with Crippen LogP contribution in [-0.4, -0.2) is 40.1 Å². The molecule has 1 rings (SSSR count). The fraction of sp³-hybridized carbons (Fsp3) is 0.429. The van der Waals surface area contributed by atoms with Gasteiger partial charge < -0.3 is 10.1 Å². The minimum absolute atomic E-state index is 0.152. The van der Waals surface area contributed by atoms with E-state index in [2.05, 4.69) is 26.6 Å². The zero-order chi connectivity index (χ0) is 18.8. The van der Waals surface area contributed by atoms with E-state index >= 15 is 0 Å². The van der Waals surface area contributed by atoms with Gasteiger partial charge in [-0.3, -0.25) is 5.32 Å². The lowest BCUT2D eigenvalue weighted by Crippen LogP contribution is -2.39. The highest BCUT2D eigenvalue weighted by Crippen LogP contribution is 2.25. The molecular weight excluding hydrogens is 404 g/mol. The number of sulfone groups is 1. The highest BCUT2D eigenvalue weighted by Gasteiger charge is 2.22. The van der Waals surface area contributed by atoms with E-state index in [4.69, 9.17) is 14.3 Å². The second kappa shape index (κ2) is 10.9. The van der Waals surface area contributed by atoms with E-state index in [-0.39, 0.29) is 17.7 Å². The first-order valence-corrected chi connectivity index (χ1v) is 9.55. The first-order valence-electron chi connectivity index (χ1n) is 6.86. The molecule has 1 unspecified atom stereocenters. The van der Waals surface area contributed by atoms with Crippen LogP contribution in [0.3, 0.4) is 0 Å². The molecule has 2 N–H and O–H groups in total. The van der Waals surface area contributed by atoms with E-state index in [1.807, 2.05) is 6.92 Å². The summed E-state index contributed by atoms with van der Waals surface area (Å²) in [6.07, 6.45) is 0.128. The third-order valence-electron chi connectivity index (χ3n) is 2.63. The van der Waals surface area contributed by atoms with E-state index in [9.17, 15) is 13.2 Å². The molecule has 0 aromatic heterocycles. The van der Waals surface area contributed by atoms with Crippen LogP contribution in [-0.2, 0) is 24.2 Å². The van der Waals surface area contributed by atoms with Crippen molar-refractivity contribution in [2.75, 3.05) is 19.4 Å². The maximum absolute atomic E-state index is 11.9. The molecule has 10 heteroatoms. The average Bonchev–Trinajstić information content (AvgIpc) is 2.47. The Bertz CT molecular complexity index is 687. The lowest BCUT2D eigenvalue weighted by molar-refractivity contribution is -0.191. The molecule has 1 atom stereocenters. The maximum Gasteiger partial charge on any atom is 0.408 e. The van der Waals surface area contributed by atoms with Crippen LogP contribution in [0.25, 0.3) is 0 Å². The molecule has 0 saturated carbocycles. The molecule has 0 spiro atoms. The molecule has 1 amide bonds. The number of amides is 1. The first kappa shape index (κ1) is 22.3. The molecule has 0 bridgehead atoms. The van der Waals surface area contributed by atoms with Crippen LogP contribution in [0.15, 0.2) is 27.6 Å². The number of carbonyl (C=O) groups is 1. The minimum Gasteiger partial charge on any atom is -0.450 e. The Morgan fingerprint density at radius 2 is 1.92 bits per heavy atom. The monoisotopic (exact) mass is 422 g/mol. The van der Waals surface area contributed by atoms with Gasteiger partial charge in [0.25, 0.3) is 0 Å². The SMILES string of the molecule is CCNC(NC(=O)OCC)c1ccc(Br)cc1S(C)(=O)=O.O=C=O. The molecule has 0 aliphatic rings. The van der Waals surface area contributed by atoms with E-state index in [0.29, 0.717) is 16.6 Å². The number of rotatable bonds is 6. The Balaban J connectivity index is 0.00000163. The number of alkyl carbamates (subject to hydrolysis) is 1. The summed E-state index contributed by atoms with van der Waals surface area (Å²) in [6, 6.07) is 4.89. The Morgan fingerprint density at radius 1 is 1.33 bits per heavy atom. The van der Waals surface area contributed by atoms with Gasteiger partial charge in [-0.2, -0.15) is 9.59 Å². The first-order chi connectivity index (χ1) is 11.2. The van der Waals surface area contributed by atoms with E-state index in [1.54, 1.807) is 19.1 Å². The van der Waals surface area contributed by atoms with Gasteiger partial charge in [0.2, 0.25) is 0 Å². The number of hydrogen-bond donors (Lipinski definition) is 2. The molecule has 0 fully saturated rings. The Hall–Kier alpha value is -1.74. The van der Waals surface area contributed by atoms with Gasteiger partial charge in [0, 0.05) is 16.3 Å². The number of ether oxygens (including phenoxy) is 1. The van der Waals surface area contributed by atoms with Crippen molar-refractivity contribution in [1.82, 2.24) is 10.6 Å². The number of halogens is 1. The summed E-state index contributed by atoms with van der Waals surface area (Å²) >= 11 is 3.26. The van der Waals surface area contributed by atoms with Crippen LogP contribution in [0.2, 0.25) is 0 Å². The molecule has 0 radical (unpaired) electrons. The third-order valence-corrected chi connectivity index (χ3v) is 4.28. The molecule has 0 heterocycles. The summed E-state index contributed by atoms with van der Waals surface area (Å²) in [4.78, 5) is 28.0. The fourth-order valence-electron chi connectivity index (χ4n) is 1.80. The van der Waals surface area contributed by atoms with Crippen molar-refractivity contribution < 1.29 is 27.5 Å². The number of benzene rings is 1. The summed E-state index contributed by atoms with van der Waals surface area (Å²) in [6.45, 7) is 4.35. The average molecular weight is 423 g/mol. The summed E-state index contributed by atoms with van der Waals surface area (Å²) < 4.78 is 29.4. The molecule has 0 saturated heterocycles. The van der Waals surface area contributed by atoms with Gasteiger partial charge in [-0.15, -0.1) is 0 Å². The summed E-state index contributed by atoms with van der Waals surface area (Å²) in [5.74, 6) is 0. The van der Waals surface area contributed by atoms with Crippen molar-refractivity contribution in [1.29, 1.82) is 0 Å². The quantitative estimate of drug-likeness (QED) is 0.668. The smallest absolute Gasteiger partial charge is 0.408 e. The van der Waals surface area contributed by atoms with Crippen LogP contribution in [0.4, 0.5) is 4.79 Å². The molecule has 134 valence electrons. The zero-order valence-electron chi connectivity index (χ0n) is 13.5. The lowest BCUT2D eigenvalue weighted by Gasteiger charge is -2.22. The number of nitrogens with one attached hydrogen (secondary N) is 2. The Morgan fingerprint density at radius 3 is 2.38 bits per heavy atom. The third kappa shape index (κ3) is 7.69. The molecule has 24 heavy (non-hydrogen) atoms. The van der Waals surface area contributed by atoms with Gasteiger partial charge in [0.1, 0.15) is 6.17 Å². The highest BCUT2D eigenvalue weighted by atomic mass is 79.9. The van der Waals surface area contributed by atoms with Gasteiger partial charge in [-0.25, -0.2) is 13.2 Å². The van der Waals surface area contributed by atoms with E-state index < -0.39 is 22.1 Å². The van der Waals surface area contributed by atoms with Crippen LogP contribution >= 0.6 is 15.9 Å². The van der Waals surface area contributed by atoms with E-state index in [1.165, 1.54) is 6.07 Å². The van der Waals surface area contributed by atoms with E-state index in [0.717, 1.165) is 6.26 Å². The van der Waals surface area contributed by atoms with Crippen molar-refractivity contribution in [3.63, 3.8) is 0 Å². The van der Waals surface area contributed by atoms with Gasteiger partial charge in [-0.1, -0.05) is 28.9 Å². The summed E-state index contributed by atoms with van der Waals surface area (Å²) in [5.41, 5.74) is 0.468. The van der Waals surface area contributed by atoms with Crippen LogP contribution in [0.5, 0.6) is 0 Å². The van der Waals surface area contributed by atoms with Crippen LogP contribution in [0.1, 0.15) is 25.6 Å². The molecule has 8 nitrogen and oxygen atoms in total. The Labute approximate surface area is 149 Å². The predicted molar refractivity (Wildman–Crippen MR) is 88.8 cm³/mol. The molecular formula is C14H19BrN2O6S. The standard InChI is InChI=1S/C13H19BrN2O4S.CO2/c1-4-15-12(16-13(17)20-5-2)10-7-6-9(14)8-11(10)21(3,18)19;2-1-3/h6-8,12,15H,4-5H2,1-3H3,(H,16,17);. The fourth-order valence-corrected chi connectivity index (χ4v) is 3.27. The number of hydrogen-bond acceptors (Lipinski definition) is 7. The molecule has 1 aromatic rings. The highest BCUT2D eigenvalue weighted by molar-refractivity contribution is 9.10. The molecule has 0 aliphatic carbocycles. The number of carbonyl (C=O) groups excluding carboxylic acids is 3. The van der Waals surface area contributed by atoms with Crippen molar-refractivity contribution in [3.05, 3.63) is 28.2 Å². The second-order valence-electron chi connectivity index (χ2n) is 4.39. The second-order valence-corrected chi connectivity index (χ2v) is 7.29. The van der Waals surface area contributed by atoms with Crippen molar-refractivity contribution >= 4 is 38.0 Å². The largest absolute Gasteiger partial charge is 0.450 e. The summed E-state index contributed by atoms with van der Waals surface area (Å²) in [7, 11) is -3.43.